The number of hydrogen-bond acceptors (Lipinski definition) is 5. The van der Waals surface area contributed by atoms with Crippen LogP contribution in [0.2, 0.25) is 0 Å². The third kappa shape index (κ3) is 41.8. The van der Waals surface area contributed by atoms with Gasteiger partial charge in [0.25, 0.3) is 0 Å². The number of allylic oxidation sites excluding steroid dienone is 12. The maximum Gasteiger partial charge on any atom is 0.306 e. The van der Waals surface area contributed by atoms with E-state index in [1.165, 1.54) is 96.3 Å². The molecule has 3 atom stereocenters. The zero-order chi connectivity index (χ0) is 43.1. The Balaban J connectivity index is 4.54. The molecule has 6 nitrogen and oxygen atoms in total. The second kappa shape index (κ2) is 46.4. The predicted octanol–water partition coefficient (Wildman–Crippen LogP) is 14.6. The Morgan fingerprint density at radius 1 is 0.508 bits per heavy atom. The van der Waals surface area contributed by atoms with Gasteiger partial charge in [0.05, 0.1) is 25.2 Å². The summed E-state index contributed by atoms with van der Waals surface area (Å²) in [5.74, 6) is -0.544. The lowest BCUT2D eigenvalue weighted by atomic mass is 10.0. The molecular weight excluding hydrogens is 731 g/mol. The summed E-state index contributed by atoms with van der Waals surface area (Å²) < 4.78 is 5.87. The minimum atomic E-state index is -0.801. The summed E-state index contributed by atoms with van der Waals surface area (Å²) in [7, 11) is 0. The van der Waals surface area contributed by atoms with Crippen molar-refractivity contribution in [2.75, 3.05) is 6.61 Å². The van der Waals surface area contributed by atoms with Crippen molar-refractivity contribution in [2.45, 2.75) is 244 Å². The Labute approximate surface area is 364 Å². The fourth-order valence-electron chi connectivity index (χ4n) is 7.14. The maximum atomic E-state index is 13.1. The Kier molecular flexibility index (Phi) is 44.2. The molecule has 0 rings (SSSR count). The number of carbonyl (C=O) groups is 2. The lowest BCUT2D eigenvalue weighted by molar-refractivity contribution is -0.151. The zero-order valence-electron chi connectivity index (χ0n) is 38.6. The van der Waals surface area contributed by atoms with Crippen LogP contribution >= 0.6 is 0 Å². The number of hydrogen-bond donors (Lipinski definition) is 3. The molecule has 0 aromatic rings. The highest BCUT2D eigenvalue weighted by Gasteiger charge is 2.24. The van der Waals surface area contributed by atoms with E-state index in [-0.39, 0.29) is 24.9 Å². The molecule has 340 valence electrons. The molecule has 1 amide bonds. The van der Waals surface area contributed by atoms with Crippen LogP contribution in [0.5, 0.6) is 0 Å². The van der Waals surface area contributed by atoms with Crippen LogP contribution in [0.15, 0.2) is 72.9 Å². The molecule has 3 N–H and O–H groups in total. The molecule has 0 heterocycles. The fourth-order valence-corrected chi connectivity index (χ4v) is 7.14. The Bertz CT molecular complexity index is 1110. The first-order valence-electron chi connectivity index (χ1n) is 24.7. The summed E-state index contributed by atoms with van der Waals surface area (Å²) in [5, 5.41) is 23.7. The molecule has 0 aliphatic heterocycles. The number of aliphatic hydroxyl groups is 2. The summed E-state index contributed by atoms with van der Waals surface area (Å²) in [5.41, 5.74) is 0. The van der Waals surface area contributed by atoms with E-state index in [1.807, 2.05) is 42.5 Å². The van der Waals surface area contributed by atoms with Crippen LogP contribution in [-0.4, -0.2) is 46.9 Å². The highest BCUT2D eigenvalue weighted by atomic mass is 16.5. The van der Waals surface area contributed by atoms with E-state index in [1.54, 1.807) is 0 Å². The van der Waals surface area contributed by atoms with Gasteiger partial charge in [0.15, 0.2) is 0 Å². The maximum absolute atomic E-state index is 13.1. The summed E-state index contributed by atoms with van der Waals surface area (Å²) in [6.45, 7) is 6.28. The molecule has 3 unspecified atom stereocenters. The lowest BCUT2D eigenvalue weighted by Crippen LogP contribution is -2.46. The number of ether oxygens (including phenoxy) is 1. The van der Waals surface area contributed by atoms with Gasteiger partial charge in [0.1, 0.15) is 6.10 Å². The first-order valence-corrected chi connectivity index (χ1v) is 24.7. The number of rotatable bonds is 43. The van der Waals surface area contributed by atoms with Crippen LogP contribution in [0, 0.1) is 0 Å². The van der Waals surface area contributed by atoms with E-state index in [0.29, 0.717) is 19.3 Å². The average molecular weight is 824 g/mol. The van der Waals surface area contributed by atoms with Crippen molar-refractivity contribution in [1.82, 2.24) is 5.32 Å². The summed E-state index contributed by atoms with van der Waals surface area (Å²) in [6, 6.07) is -0.717. The number of esters is 1. The van der Waals surface area contributed by atoms with Gasteiger partial charge >= 0.3 is 5.97 Å². The van der Waals surface area contributed by atoms with Gasteiger partial charge in [-0.3, -0.25) is 9.59 Å². The number of nitrogens with one attached hydrogen (secondary N) is 1. The van der Waals surface area contributed by atoms with E-state index in [4.69, 9.17) is 4.74 Å². The summed E-state index contributed by atoms with van der Waals surface area (Å²) in [4.78, 5) is 26.0. The number of amides is 1. The van der Waals surface area contributed by atoms with Gasteiger partial charge in [-0.05, 0) is 64.2 Å². The second-order valence-electron chi connectivity index (χ2n) is 16.6. The zero-order valence-corrected chi connectivity index (χ0v) is 38.6. The van der Waals surface area contributed by atoms with Crippen molar-refractivity contribution in [3.8, 4) is 0 Å². The summed E-state index contributed by atoms with van der Waals surface area (Å²) >= 11 is 0. The monoisotopic (exact) mass is 824 g/mol. The van der Waals surface area contributed by atoms with Crippen LogP contribution in [0.4, 0.5) is 0 Å². The van der Waals surface area contributed by atoms with Gasteiger partial charge in [-0.2, -0.15) is 0 Å². The van der Waals surface area contributed by atoms with Crippen LogP contribution in [-0.2, 0) is 14.3 Å². The SMILES string of the molecule is CC/C=C/C=C/C=C\C=C/C=C/CCCCCC(=O)OC(CCCCC/C=C\CCCC)CC(=O)NC(CO)C(O)CCCCCCCCCCCCCCCCCC. The van der Waals surface area contributed by atoms with Gasteiger partial charge in [-0.1, -0.05) is 222 Å². The Morgan fingerprint density at radius 2 is 0.949 bits per heavy atom. The molecule has 0 radical (unpaired) electrons. The molecule has 0 bridgehead atoms. The number of unbranched alkanes of at least 4 members (excludes halogenated alkanes) is 23. The molecule has 0 spiro atoms. The quantitative estimate of drug-likeness (QED) is 0.0246. The Hall–Kier alpha value is -2.70. The molecule has 59 heavy (non-hydrogen) atoms. The van der Waals surface area contributed by atoms with E-state index < -0.39 is 18.2 Å². The predicted molar refractivity (Wildman–Crippen MR) is 255 cm³/mol. The van der Waals surface area contributed by atoms with Gasteiger partial charge in [0, 0.05) is 6.42 Å². The smallest absolute Gasteiger partial charge is 0.306 e. The number of carbonyl (C=O) groups excluding carboxylic acids is 2. The van der Waals surface area contributed by atoms with Gasteiger partial charge < -0.3 is 20.3 Å². The third-order valence-corrected chi connectivity index (χ3v) is 10.9. The van der Waals surface area contributed by atoms with E-state index in [2.05, 4.69) is 56.5 Å². The Morgan fingerprint density at radius 3 is 1.49 bits per heavy atom. The van der Waals surface area contributed by atoms with Crippen molar-refractivity contribution < 1.29 is 24.5 Å². The van der Waals surface area contributed by atoms with Crippen LogP contribution in [0.25, 0.3) is 0 Å². The largest absolute Gasteiger partial charge is 0.462 e. The van der Waals surface area contributed by atoms with E-state index in [0.717, 1.165) is 83.5 Å². The second-order valence-corrected chi connectivity index (χ2v) is 16.6. The van der Waals surface area contributed by atoms with Gasteiger partial charge in [-0.25, -0.2) is 0 Å². The molecule has 0 saturated carbocycles. The summed E-state index contributed by atoms with van der Waals surface area (Å²) in [6.07, 6.45) is 58.2. The lowest BCUT2D eigenvalue weighted by Gasteiger charge is -2.24. The van der Waals surface area contributed by atoms with Crippen LogP contribution in [0.3, 0.4) is 0 Å². The normalized spacial score (nSPS) is 13.9. The highest BCUT2D eigenvalue weighted by Crippen LogP contribution is 2.17. The molecule has 0 aliphatic carbocycles. The first kappa shape index (κ1) is 56.3. The third-order valence-electron chi connectivity index (χ3n) is 10.9. The highest BCUT2D eigenvalue weighted by molar-refractivity contribution is 5.77. The van der Waals surface area contributed by atoms with Crippen molar-refractivity contribution in [3.05, 3.63) is 72.9 Å². The van der Waals surface area contributed by atoms with Crippen LogP contribution in [0.1, 0.15) is 226 Å². The topological polar surface area (TPSA) is 95.9 Å². The van der Waals surface area contributed by atoms with Gasteiger partial charge in [0.2, 0.25) is 5.91 Å². The first-order chi connectivity index (χ1) is 29.0. The average Bonchev–Trinajstić information content (AvgIpc) is 3.23. The molecule has 0 aromatic carbocycles. The molecular formula is C53H93NO5. The standard InChI is InChI=1S/C53H93NO5/c1-4-7-10-13-16-19-21-23-25-27-28-30-33-36-39-42-45-51(56)50(48-55)54-52(57)47-49(44-41-38-35-32-18-15-12-9-6-3)59-53(58)46-43-40-37-34-31-29-26-24-22-20-17-14-11-8-5-2/h8,11,14-15,17-18,20,22,24,26,29,31,49-51,55-56H,4-7,9-10,12-13,16,19,21,23,25,27-28,30,32-48H2,1-3H3,(H,54,57)/b11-8+,17-14+,18-15-,22-20-,26-24-,31-29+. The molecule has 0 aliphatic rings. The van der Waals surface area contributed by atoms with Crippen LogP contribution < -0.4 is 5.32 Å². The number of aliphatic hydroxyl groups excluding tert-OH is 2. The molecule has 0 saturated heterocycles. The molecule has 0 fully saturated rings. The fraction of sp³-hybridized carbons (Fsp3) is 0.736. The minimum absolute atomic E-state index is 0.0463. The van der Waals surface area contributed by atoms with Crippen molar-refractivity contribution in [2.24, 2.45) is 0 Å². The van der Waals surface area contributed by atoms with Crippen molar-refractivity contribution in [3.63, 3.8) is 0 Å². The van der Waals surface area contributed by atoms with E-state index >= 15 is 0 Å². The van der Waals surface area contributed by atoms with Crippen molar-refractivity contribution in [1.29, 1.82) is 0 Å². The van der Waals surface area contributed by atoms with Gasteiger partial charge in [-0.15, -0.1) is 0 Å². The van der Waals surface area contributed by atoms with Crippen molar-refractivity contribution >= 4 is 11.9 Å². The molecule has 6 heteroatoms. The van der Waals surface area contributed by atoms with E-state index in [9.17, 15) is 19.8 Å². The minimum Gasteiger partial charge on any atom is -0.462 e. The molecule has 0 aromatic heterocycles.